The van der Waals surface area contributed by atoms with Crippen molar-refractivity contribution in [1.82, 2.24) is 0 Å². The highest BCUT2D eigenvalue weighted by Gasteiger charge is 2.01. The lowest BCUT2D eigenvalue weighted by atomic mass is 9.96. The van der Waals surface area contributed by atoms with E-state index in [1.165, 1.54) is 11.1 Å². The Balaban J connectivity index is 2.83. The van der Waals surface area contributed by atoms with E-state index < -0.39 is 0 Å². The summed E-state index contributed by atoms with van der Waals surface area (Å²) in [5.74, 6) is 0. The molecule has 70 valence electrons. The Morgan fingerprint density at radius 3 is 2.31 bits per heavy atom. The maximum Gasteiger partial charge on any atom is -0.0242 e. The van der Waals surface area contributed by atoms with Gasteiger partial charge in [-0.15, -0.1) is 0 Å². The van der Waals surface area contributed by atoms with Crippen LogP contribution in [0, 0.1) is 0 Å². The van der Waals surface area contributed by atoms with Crippen molar-refractivity contribution in [3.05, 3.63) is 48.1 Å². The topological polar surface area (TPSA) is 0 Å². The van der Waals surface area contributed by atoms with Crippen LogP contribution in [0.15, 0.2) is 48.1 Å². The molecule has 0 aromatic rings. The average Bonchev–Trinajstić information content (AvgIpc) is 2.10. The summed E-state index contributed by atoms with van der Waals surface area (Å²) in [7, 11) is 0. The Bertz CT molecular complexity index is 251. The third kappa shape index (κ3) is 3.06. The van der Waals surface area contributed by atoms with Crippen LogP contribution in [0.2, 0.25) is 0 Å². The molecular weight excluding hydrogens is 156 g/mol. The van der Waals surface area contributed by atoms with Crippen molar-refractivity contribution in [2.45, 2.75) is 32.6 Å². The molecule has 0 saturated heterocycles. The predicted octanol–water partition coefficient (Wildman–Crippen LogP) is 4.18. The number of allylic oxidation sites excluding steroid dienone is 7. The van der Waals surface area contributed by atoms with Gasteiger partial charge in [-0.1, -0.05) is 37.0 Å². The summed E-state index contributed by atoms with van der Waals surface area (Å²) in [5, 5.41) is 0. The summed E-state index contributed by atoms with van der Waals surface area (Å²) in [6.07, 6.45) is 15.5. The van der Waals surface area contributed by atoms with Gasteiger partial charge in [0, 0.05) is 0 Å². The largest absolute Gasteiger partial charge is 0.0988 e. The van der Waals surface area contributed by atoms with Gasteiger partial charge in [0.15, 0.2) is 0 Å². The Morgan fingerprint density at radius 2 is 1.77 bits per heavy atom. The summed E-state index contributed by atoms with van der Waals surface area (Å²) in [6.45, 7) is 5.95. The van der Waals surface area contributed by atoms with E-state index in [2.05, 4.69) is 37.8 Å². The first-order valence-corrected chi connectivity index (χ1v) is 5.00. The molecule has 0 saturated carbocycles. The Labute approximate surface area is 81.4 Å². The second-order valence-electron chi connectivity index (χ2n) is 3.30. The first kappa shape index (κ1) is 10.0. The van der Waals surface area contributed by atoms with Crippen molar-refractivity contribution >= 4 is 0 Å². The highest BCUT2D eigenvalue weighted by molar-refractivity contribution is 5.33. The van der Waals surface area contributed by atoms with E-state index in [0.29, 0.717) is 0 Å². The molecule has 0 heterocycles. The normalized spacial score (nSPS) is 26.8. The Morgan fingerprint density at radius 1 is 1.15 bits per heavy atom. The molecule has 1 aliphatic carbocycles. The molecule has 0 fully saturated rings. The van der Waals surface area contributed by atoms with Crippen LogP contribution >= 0.6 is 0 Å². The molecule has 0 atom stereocenters. The molecule has 0 radical (unpaired) electrons. The SMILES string of the molecule is C=C/C1=C(\C=C/C)CC/C=C\CC1. The number of rotatable bonds is 2. The fourth-order valence-electron chi connectivity index (χ4n) is 1.66. The maximum atomic E-state index is 3.87. The van der Waals surface area contributed by atoms with Crippen LogP contribution in [0.25, 0.3) is 0 Å². The standard InChI is InChI=1S/C13H18/c1-3-9-13-11-8-6-5-7-10-12(13)4-2/h3-6,9H,2,7-8,10-11H2,1H3/b6-5-,9-3-,13-12-. The summed E-state index contributed by atoms with van der Waals surface area (Å²) in [5.41, 5.74) is 2.88. The van der Waals surface area contributed by atoms with Gasteiger partial charge in [-0.05, 0) is 43.8 Å². The van der Waals surface area contributed by atoms with Crippen LogP contribution in [0.1, 0.15) is 32.6 Å². The minimum Gasteiger partial charge on any atom is -0.0988 e. The van der Waals surface area contributed by atoms with Crippen molar-refractivity contribution in [1.29, 1.82) is 0 Å². The molecule has 13 heavy (non-hydrogen) atoms. The fraction of sp³-hybridized carbons (Fsp3) is 0.385. The second-order valence-corrected chi connectivity index (χ2v) is 3.30. The van der Waals surface area contributed by atoms with Crippen molar-refractivity contribution < 1.29 is 0 Å². The van der Waals surface area contributed by atoms with E-state index in [4.69, 9.17) is 0 Å². The van der Waals surface area contributed by atoms with Gasteiger partial charge in [0.05, 0.1) is 0 Å². The molecule has 0 unspecified atom stereocenters. The smallest absolute Gasteiger partial charge is 0.0242 e. The van der Waals surface area contributed by atoms with Gasteiger partial charge < -0.3 is 0 Å². The lowest BCUT2D eigenvalue weighted by molar-refractivity contribution is 0.902. The highest BCUT2D eigenvalue weighted by Crippen LogP contribution is 2.21. The van der Waals surface area contributed by atoms with Crippen molar-refractivity contribution in [2.75, 3.05) is 0 Å². The minimum absolute atomic E-state index is 1.14. The highest BCUT2D eigenvalue weighted by atomic mass is 14.1. The first-order chi connectivity index (χ1) is 6.38. The molecule has 1 rings (SSSR count). The van der Waals surface area contributed by atoms with E-state index in [0.717, 1.165) is 25.7 Å². The average molecular weight is 174 g/mol. The monoisotopic (exact) mass is 174 g/mol. The second kappa shape index (κ2) is 5.58. The van der Waals surface area contributed by atoms with E-state index >= 15 is 0 Å². The summed E-state index contributed by atoms with van der Waals surface area (Å²) >= 11 is 0. The van der Waals surface area contributed by atoms with Crippen LogP contribution in [0.4, 0.5) is 0 Å². The Kier molecular flexibility index (Phi) is 4.31. The van der Waals surface area contributed by atoms with E-state index in [1.54, 1.807) is 0 Å². The molecule has 0 aromatic heterocycles. The first-order valence-electron chi connectivity index (χ1n) is 5.00. The van der Waals surface area contributed by atoms with Gasteiger partial charge in [0.2, 0.25) is 0 Å². The van der Waals surface area contributed by atoms with Gasteiger partial charge in [0.25, 0.3) is 0 Å². The molecule has 0 N–H and O–H groups in total. The van der Waals surface area contributed by atoms with Crippen LogP contribution in [-0.4, -0.2) is 0 Å². The van der Waals surface area contributed by atoms with E-state index in [9.17, 15) is 0 Å². The third-order valence-electron chi connectivity index (χ3n) is 2.35. The zero-order chi connectivity index (χ0) is 9.52. The molecule has 0 aliphatic heterocycles. The fourth-order valence-corrected chi connectivity index (χ4v) is 1.66. The molecule has 0 heteroatoms. The minimum atomic E-state index is 1.14. The van der Waals surface area contributed by atoms with Gasteiger partial charge in [-0.25, -0.2) is 0 Å². The quantitative estimate of drug-likeness (QED) is 0.551. The van der Waals surface area contributed by atoms with Crippen LogP contribution < -0.4 is 0 Å². The van der Waals surface area contributed by atoms with Gasteiger partial charge in [0.1, 0.15) is 0 Å². The van der Waals surface area contributed by atoms with Crippen molar-refractivity contribution in [3.8, 4) is 0 Å². The zero-order valence-electron chi connectivity index (χ0n) is 8.42. The van der Waals surface area contributed by atoms with E-state index in [-0.39, 0.29) is 0 Å². The molecular formula is C13H18. The lowest BCUT2D eigenvalue weighted by Gasteiger charge is -2.09. The van der Waals surface area contributed by atoms with Gasteiger partial charge in [-0.2, -0.15) is 0 Å². The molecule has 0 aromatic carbocycles. The summed E-state index contributed by atoms with van der Waals surface area (Å²) < 4.78 is 0. The van der Waals surface area contributed by atoms with Crippen molar-refractivity contribution in [2.24, 2.45) is 0 Å². The molecule has 1 aliphatic rings. The van der Waals surface area contributed by atoms with Crippen LogP contribution in [0.5, 0.6) is 0 Å². The lowest BCUT2D eigenvalue weighted by Crippen LogP contribution is -1.90. The third-order valence-corrected chi connectivity index (χ3v) is 2.35. The Hall–Kier alpha value is -1.04. The predicted molar refractivity (Wildman–Crippen MR) is 59.6 cm³/mol. The van der Waals surface area contributed by atoms with Gasteiger partial charge >= 0.3 is 0 Å². The zero-order valence-corrected chi connectivity index (χ0v) is 8.42. The van der Waals surface area contributed by atoms with E-state index in [1.807, 2.05) is 6.08 Å². The van der Waals surface area contributed by atoms with Crippen LogP contribution in [0.3, 0.4) is 0 Å². The molecule has 0 nitrogen and oxygen atoms in total. The van der Waals surface area contributed by atoms with Crippen LogP contribution in [-0.2, 0) is 0 Å². The van der Waals surface area contributed by atoms with Gasteiger partial charge in [-0.3, -0.25) is 0 Å². The molecule has 0 bridgehead atoms. The number of hydrogen-bond donors (Lipinski definition) is 0. The summed E-state index contributed by atoms with van der Waals surface area (Å²) in [6, 6.07) is 0. The molecule has 0 spiro atoms. The number of hydrogen-bond acceptors (Lipinski definition) is 0. The molecule has 0 amide bonds. The summed E-state index contributed by atoms with van der Waals surface area (Å²) in [4.78, 5) is 0. The maximum absolute atomic E-state index is 3.87. The van der Waals surface area contributed by atoms with Crippen molar-refractivity contribution in [3.63, 3.8) is 0 Å².